The first-order chi connectivity index (χ1) is 9.54. The van der Waals surface area contributed by atoms with Crippen LogP contribution in [0.15, 0.2) is 24.3 Å². The zero-order chi connectivity index (χ0) is 14.5. The smallest absolute Gasteiger partial charge is 0.307 e. The number of aliphatic carboxylic acids is 1. The molecule has 1 heterocycles. The van der Waals surface area contributed by atoms with Gasteiger partial charge < -0.3 is 15.3 Å². The van der Waals surface area contributed by atoms with Gasteiger partial charge in [0.05, 0.1) is 5.92 Å². The fourth-order valence-electron chi connectivity index (χ4n) is 2.25. The molecule has 0 bridgehead atoms. The molecule has 0 aliphatic carbocycles. The third-order valence-corrected chi connectivity index (χ3v) is 3.40. The van der Waals surface area contributed by atoms with Crippen molar-refractivity contribution in [2.45, 2.75) is 12.8 Å². The maximum Gasteiger partial charge on any atom is 0.307 e. The van der Waals surface area contributed by atoms with Crippen molar-refractivity contribution < 1.29 is 19.1 Å². The Morgan fingerprint density at radius 3 is 2.65 bits per heavy atom. The molecule has 0 aromatic heterocycles. The van der Waals surface area contributed by atoms with E-state index in [1.807, 2.05) is 4.90 Å². The standard InChI is InChI=1S/C14H17FN2O3/c15-11-1-3-12(4-2-11)16-13(18)6-8-17-7-5-10(9-17)14(19)20/h1-4,10H,5-9H2,(H,16,18)(H,19,20). The van der Waals surface area contributed by atoms with E-state index in [1.165, 1.54) is 24.3 Å². The van der Waals surface area contributed by atoms with E-state index in [0.717, 1.165) is 0 Å². The van der Waals surface area contributed by atoms with Crippen LogP contribution in [0, 0.1) is 11.7 Å². The number of carboxylic acids is 1. The number of hydrogen-bond acceptors (Lipinski definition) is 3. The van der Waals surface area contributed by atoms with Gasteiger partial charge in [-0.3, -0.25) is 9.59 Å². The number of halogens is 1. The SMILES string of the molecule is O=C(CCN1CCC(C(=O)O)C1)Nc1ccc(F)cc1. The second kappa shape index (κ2) is 6.47. The number of carboxylic acid groups (broad SMARTS) is 1. The first kappa shape index (κ1) is 14.5. The normalized spacial score (nSPS) is 18.9. The minimum atomic E-state index is -0.775. The highest BCUT2D eigenvalue weighted by Gasteiger charge is 2.27. The van der Waals surface area contributed by atoms with Crippen LogP contribution >= 0.6 is 0 Å². The zero-order valence-electron chi connectivity index (χ0n) is 11.0. The summed E-state index contributed by atoms with van der Waals surface area (Å²) in [4.78, 5) is 24.5. The molecule has 0 radical (unpaired) electrons. The molecule has 1 atom stereocenters. The molecule has 2 rings (SSSR count). The second-order valence-corrected chi connectivity index (χ2v) is 4.93. The molecule has 1 aliphatic heterocycles. The van der Waals surface area contributed by atoms with Crippen molar-refractivity contribution in [2.75, 3.05) is 25.0 Å². The summed E-state index contributed by atoms with van der Waals surface area (Å²) in [5.74, 6) is -1.60. The maximum absolute atomic E-state index is 12.7. The summed E-state index contributed by atoms with van der Waals surface area (Å²) in [6.45, 7) is 1.75. The van der Waals surface area contributed by atoms with Crippen LogP contribution in [-0.4, -0.2) is 41.5 Å². The van der Waals surface area contributed by atoms with E-state index in [1.54, 1.807) is 0 Å². The molecule has 1 aromatic rings. The molecule has 1 amide bonds. The Hall–Kier alpha value is -1.95. The van der Waals surface area contributed by atoms with Gasteiger partial charge in [0.2, 0.25) is 5.91 Å². The monoisotopic (exact) mass is 280 g/mol. The number of amides is 1. The molecular formula is C14H17FN2O3. The van der Waals surface area contributed by atoms with Gasteiger partial charge in [-0.05, 0) is 37.2 Å². The number of benzene rings is 1. The van der Waals surface area contributed by atoms with E-state index in [0.29, 0.717) is 38.2 Å². The Labute approximate surface area is 116 Å². The van der Waals surface area contributed by atoms with Crippen molar-refractivity contribution in [3.63, 3.8) is 0 Å². The quantitative estimate of drug-likeness (QED) is 0.858. The molecular weight excluding hydrogens is 263 g/mol. The number of rotatable bonds is 5. The highest BCUT2D eigenvalue weighted by Crippen LogP contribution is 2.16. The molecule has 1 unspecified atom stereocenters. The molecule has 1 aliphatic rings. The van der Waals surface area contributed by atoms with Crippen molar-refractivity contribution in [3.8, 4) is 0 Å². The van der Waals surface area contributed by atoms with Crippen LogP contribution in [0.3, 0.4) is 0 Å². The number of carbonyl (C=O) groups is 2. The van der Waals surface area contributed by atoms with E-state index in [-0.39, 0.29) is 17.6 Å². The Morgan fingerprint density at radius 2 is 2.05 bits per heavy atom. The van der Waals surface area contributed by atoms with E-state index in [9.17, 15) is 14.0 Å². The predicted octanol–water partition coefficient (Wildman–Crippen LogP) is 1.56. The van der Waals surface area contributed by atoms with Gasteiger partial charge in [-0.15, -0.1) is 0 Å². The molecule has 20 heavy (non-hydrogen) atoms. The van der Waals surface area contributed by atoms with Gasteiger partial charge in [0.15, 0.2) is 0 Å². The van der Waals surface area contributed by atoms with E-state index < -0.39 is 5.97 Å². The van der Waals surface area contributed by atoms with Crippen LogP contribution in [0.25, 0.3) is 0 Å². The molecule has 5 nitrogen and oxygen atoms in total. The first-order valence-electron chi connectivity index (χ1n) is 6.55. The summed E-state index contributed by atoms with van der Waals surface area (Å²) in [5, 5.41) is 11.6. The minimum Gasteiger partial charge on any atom is -0.481 e. The number of nitrogens with zero attached hydrogens (tertiary/aromatic N) is 1. The minimum absolute atomic E-state index is 0.157. The zero-order valence-corrected chi connectivity index (χ0v) is 11.0. The number of anilines is 1. The fourth-order valence-corrected chi connectivity index (χ4v) is 2.25. The van der Waals surface area contributed by atoms with Gasteiger partial charge in [0.25, 0.3) is 0 Å². The molecule has 1 aromatic carbocycles. The van der Waals surface area contributed by atoms with Crippen LogP contribution in [0.1, 0.15) is 12.8 Å². The molecule has 0 spiro atoms. The Bertz CT molecular complexity index is 490. The van der Waals surface area contributed by atoms with Crippen LogP contribution in [0.5, 0.6) is 0 Å². The van der Waals surface area contributed by atoms with Gasteiger partial charge in [0, 0.05) is 25.2 Å². The Kier molecular flexibility index (Phi) is 4.68. The largest absolute Gasteiger partial charge is 0.481 e. The third kappa shape index (κ3) is 4.03. The summed E-state index contributed by atoms with van der Waals surface area (Å²) in [6, 6.07) is 5.58. The van der Waals surface area contributed by atoms with Crippen LogP contribution in [-0.2, 0) is 9.59 Å². The summed E-state index contributed by atoms with van der Waals surface area (Å²) in [7, 11) is 0. The summed E-state index contributed by atoms with van der Waals surface area (Å²) < 4.78 is 12.7. The summed E-state index contributed by atoms with van der Waals surface area (Å²) in [6.07, 6.45) is 0.929. The highest BCUT2D eigenvalue weighted by atomic mass is 19.1. The molecule has 0 saturated carbocycles. The molecule has 1 fully saturated rings. The van der Waals surface area contributed by atoms with Crippen molar-refractivity contribution in [2.24, 2.45) is 5.92 Å². The van der Waals surface area contributed by atoms with E-state index in [2.05, 4.69) is 5.32 Å². The lowest BCUT2D eigenvalue weighted by Gasteiger charge is -2.14. The topological polar surface area (TPSA) is 69.6 Å². The van der Waals surface area contributed by atoms with Crippen LogP contribution in [0.2, 0.25) is 0 Å². The molecule has 108 valence electrons. The third-order valence-electron chi connectivity index (χ3n) is 3.40. The molecule has 2 N–H and O–H groups in total. The summed E-state index contributed by atoms with van der Waals surface area (Å²) >= 11 is 0. The number of carbonyl (C=O) groups excluding carboxylic acids is 1. The van der Waals surface area contributed by atoms with Crippen molar-refractivity contribution in [1.29, 1.82) is 0 Å². The number of hydrogen-bond donors (Lipinski definition) is 2. The molecule has 6 heteroatoms. The highest BCUT2D eigenvalue weighted by molar-refractivity contribution is 5.90. The van der Waals surface area contributed by atoms with Crippen molar-refractivity contribution in [1.82, 2.24) is 4.90 Å². The predicted molar refractivity (Wildman–Crippen MR) is 71.8 cm³/mol. The lowest BCUT2D eigenvalue weighted by atomic mass is 10.1. The van der Waals surface area contributed by atoms with Crippen molar-refractivity contribution >= 4 is 17.6 Å². The fraction of sp³-hybridized carbons (Fsp3) is 0.429. The van der Waals surface area contributed by atoms with E-state index >= 15 is 0 Å². The van der Waals surface area contributed by atoms with Gasteiger partial charge in [-0.1, -0.05) is 0 Å². The van der Waals surface area contributed by atoms with E-state index in [4.69, 9.17) is 5.11 Å². The first-order valence-corrected chi connectivity index (χ1v) is 6.55. The van der Waals surface area contributed by atoms with Gasteiger partial charge in [-0.25, -0.2) is 4.39 Å². The number of nitrogens with one attached hydrogen (secondary N) is 1. The Morgan fingerprint density at radius 1 is 1.35 bits per heavy atom. The van der Waals surface area contributed by atoms with Gasteiger partial charge in [0.1, 0.15) is 5.82 Å². The summed E-state index contributed by atoms with van der Waals surface area (Å²) in [5.41, 5.74) is 0.557. The van der Waals surface area contributed by atoms with Crippen molar-refractivity contribution in [3.05, 3.63) is 30.1 Å². The molecule has 1 saturated heterocycles. The Balaban J connectivity index is 1.73. The average molecular weight is 280 g/mol. The van der Waals surface area contributed by atoms with Crippen LogP contribution < -0.4 is 5.32 Å². The van der Waals surface area contributed by atoms with Crippen LogP contribution in [0.4, 0.5) is 10.1 Å². The lowest BCUT2D eigenvalue weighted by Crippen LogP contribution is -2.27. The second-order valence-electron chi connectivity index (χ2n) is 4.93. The maximum atomic E-state index is 12.7. The van der Waals surface area contributed by atoms with Gasteiger partial charge in [-0.2, -0.15) is 0 Å². The average Bonchev–Trinajstić information content (AvgIpc) is 2.88. The van der Waals surface area contributed by atoms with Gasteiger partial charge >= 0.3 is 5.97 Å². The lowest BCUT2D eigenvalue weighted by molar-refractivity contribution is -0.141. The number of likely N-dealkylation sites (tertiary alicyclic amines) is 1.